The van der Waals surface area contributed by atoms with Crippen molar-refractivity contribution in [2.75, 3.05) is 0 Å². The second-order valence-electron chi connectivity index (χ2n) is 3.50. The van der Waals surface area contributed by atoms with Gasteiger partial charge in [0.05, 0.1) is 11.3 Å². The lowest BCUT2D eigenvalue weighted by Gasteiger charge is -2.01. The molecule has 0 saturated heterocycles. The van der Waals surface area contributed by atoms with Gasteiger partial charge in [0.25, 0.3) is 5.22 Å². The number of aryl methyl sites for hydroxylation is 2. The van der Waals surface area contributed by atoms with Crippen LogP contribution >= 0.6 is 11.8 Å². The third-order valence-corrected chi connectivity index (χ3v) is 2.75. The number of carboxylic acids is 1. The van der Waals surface area contributed by atoms with Gasteiger partial charge in [-0.15, -0.1) is 0 Å². The van der Waals surface area contributed by atoms with Crippen molar-refractivity contribution < 1.29 is 14.3 Å². The summed E-state index contributed by atoms with van der Waals surface area (Å²) in [4.78, 5) is 19.2. The van der Waals surface area contributed by atoms with Crippen molar-refractivity contribution >= 4 is 17.7 Å². The first-order valence-electron chi connectivity index (χ1n) is 4.86. The quantitative estimate of drug-likeness (QED) is 0.902. The van der Waals surface area contributed by atoms with Crippen LogP contribution in [0.4, 0.5) is 0 Å². The molecule has 5 nitrogen and oxygen atoms in total. The molecule has 0 aliphatic carbocycles. The summed E-state index contributed by atoms with van der Waals surface area (Å²) in [5.41, 5.74) is 1.64. The number of pyridine rings is 1. The predicted octanol–water partition coefficient (Wildman–Crippen LogP) is 2.54. The highest BCUT2D eigenvalue weighted by molar-refractivity contribution is 7.99. The molecule has 0 saturated carbocycles. The van der Waals surface area contributed by atoms with Crippen LogP contribution in [0.1, 0.15) is 21.7 Å². The van der Waals surface area contributed by atoms with Crippen LogP contribution < -0.4 is 0 Å². The maximum absolute atomic E-state index is 10.9. The van der Waals surface area contributed by atoms with Gasteiger partial charge in [0.2, 0.25) is 0 Å². The Morgan fingerprint density at radius 1 is 1.29 bits per heavy atom. The molecule has 0 spiro atoms. The molecule has 6 heteroatoms. The van der Waals surface area contributed by atoms with Crippen molar-refractivity contribution in [2.24, 2.45) is 0 Å². The molecule has 0 amide bonds. The van der Waals surface area contributed by atoms with E-state index in [1.54, 1.807) is 6.92 Å². The third-order valence-electron chi connectivity index (χ3n) is 1.97. The molecular formula is C11H10N2O3S. The first-order valence-corrected chi connectivity index (χ1v) is 5.68. The summed E-state index contributed by atoms with van der Waals surface area (Å²) in [5.74, 6) is -0.971. The zero-order valence-electron chi connectivity index (χ0n) is 9.30. The summed E-state index contributed by atoms with van der Waals surface area (Å²) in [6, 6.07) is 3.02. The van der Waals surface area contributed by atoms with Crippen molar-refractivity contribution in [2.45, 2.75) is 24.1 Å². The maximum Gasteiger partial charge on any atom is 0.335 e. The van der Waals surface area contributed by atoms with Gasteiger partial charge in [-0.05, 0) is 37.7 Å². The Morgan fingerprint density at radius 3 is 2.65 bits per heavy atom. The van der Waals surface area contributed by atoms with Gasteiger partial charge in [-0.1, -0.05) is 0 Å². The Morgan fingerprint density at radius 2 is 2.06 bits per heavy atom. The van der Waals surface area contributed by atoms with E-state index < -0.39 is 5.97 Å². The summed E-state index contributed by atoms with van der Waals surface area (Å²) in [5, 5.41) is 9.94. The highest BCUT2D eigenvalue weighted by Crippen LogP contribution is 2.26. The summed E-state index contributed by atoms with van der Waals surface area (Å²) < 4.78 is 5.17. The van der Waals surface area contributed by atoms with Crippen LogP contribution in [0.15, 0.2) is 33.1 Å². The zero-order valence-corrected chi connectivity index (χ0v) is 10.1. The van der Waals surface area contributed by atoms with E-state index in [1.165, 1.54) is 30.2 Å². The number of rotatable bonds is 3. The average Bonchev–Trinajstić information content (AvgIpc) is 2.63. The molecule has 0 aliphatic heterocycles. The predicted molar refractivity (Wildman–Crippen MR) is 61.3 cm³/mol. The Balaban J connectivity index is 2.29. The summed E-state index contributed by atoms with van der Waals surface area (Å²) >= 11 is 1.20. The molecular weight excluding hydrogens is 240 g/mol. The second-order valence-corrected chi connectivity index (χ2v) is 4.47. The van der Waals surface area contributed by atoms with Crippen molar-refractivity contribution in [3.63, 3.8) is 0 Å². The molecule has 0 atom stereocenters. The number of oxazole rings is 1. The van der Waals surface area contributed by atoms with Gasteiger partial charge in [0, 0.05) is 5.69 Å². The normalized spacial score (nSPS) is 10.5. The van der Waals surface area contributed by atoms with E-state index in [2.05, 4.69) is 9.97 Å². The van der Waals surface area contributed by atoms with Gasteiger partial charge in [0.1, 0.15) is 11.3 Å². The Kier molecular flexibility index (Phi) is 3.14. The number of carbonyl (C=O) groups is 1. The molecule has 0 radical (unpaired) electrons. The number of nitrogens with zero attached hydrogens (tertiary/aromatic N) is 2. The van der Waals surface area contributed by atoms with Crippen molar-refractivity contribution in [3.8, 4) is 0 Å². The van der Waals surface area contributed by atoms with E-state index in [4.69, 9.17) is 9.52 Å². The molecule has 0 unspecified atom stereocenters. The van der Waals surface area contributed by atoms with Gasteiger partial charge in [-0.25, -0.2) is 14.8 Å². The van der Waals surface area contributed by atoms with E-state index in [9.17, 15) is 4.79 Å². The number of carboxylic acid groups (broad SMARTS) is 1. The minimum atomic E-state index is -0.971. The number of hydrogen-bond donors (Lipinski definition) is 1. The fourth-order valence-electron chi connectivity index (χ4n) is 1.28. The molecule has 0 fully saturated rings. The van der Waals surface area contributed by atoms with Crippen LogP contribution in [0, 0.1) is 13.8 Å². The van der Waals surface area contributed by atoms with Crippen LogP contribution in [-0.2, 0) is 0 Å². The molecule has 0 aliphatic rings. The lowest BCUT2D eigenvalue weighted by molar-refractivity contribution is 0.0696. The highest BCUT2D eigenvalue weighted by Gasteiger charge is 2.10. The van der Waals surface area contributed by atoms with Gasteiger partial charge in [0.15, 0.2) is 0 Å². The SMILES string of the molecule is Cc1cc(C(=O)O)cc(Sc2nc(C)co2)n1. The number of aromatic nitrogens is 2. The molecule has 17 heavy (non-hydrogen) atoms. The van der Waals surface area contributed by atoms with Gasteiger partial charge >= 0.3 is 5.97 Å². The minimum Gasteiger partial charge on any atom is -0.478 e. The molecule has 88 valence electrons. The van der Waals surface area contributed by atoms with Gasteiger partial charge < -0.3 is 9.52 Å². The lowest BCUT2D eigenvalue weighted by atomic mass is 10.2. The van der Waals surface area contributed by atoms with E-state index in [-0.39, 0.29) is 5.56 Å². The zero-order chi connectivity index (χ0) is 12.4. The largest absolute Gasteiger partial charge is 0.478 e. The monoisotopic (exact) mass is 250 g/mol. The van der Waals surface area contributed by atoms with Crippen molar-refractivity contribution in [1.29, 1.82) is 0 Å². The topological polar surface area (TPSA) is 76.2 Å². The van der Waals surface area contributed by atoms with E-state index in [0.717, 1.165) is 5.69 Å². The maximum atomic E-state index is 10.9. The third kappa shape index (κ3) is 2.85. The van der Waals surface area contributed by atoms with Crippen LogP contribution in [0.2, 0.25) is 0 Å². The van der Waals surface area contributed by atoms with E-state index >= 15 is 0 Å². The van der Waals surface area contributed by atoms with E-state index in [1.807, 2.05) is 6.92 Å². The molecule has 2 aromatic rings. The Labute approximate surface area is 102 Å². The standard InChI is InChI=1S/C11H10N2O3S/c1-6-3-8(10(14)15)4-9(12-6)17-11-13-7(2)5-16-11/h3-5H,1-2H3,(H,14,15). The molecule has 2 rings (SSSR count). The summed E-state index contributed by atoms with van der Waals surface area (Å²) in [7, 11) is 0. The second kappa shape index (κ2) is 4.58. The summed E-state index contributed by atoms with van der Waals surface area (Å²) in [6.45, 7) is 3.57. The molecule has 2 aromatic heterocycles. The Hall–Kier alpha value is -1.82. The fourth-order valence-corrected chi connectivity index (χ4v) is 2.12. The molecule has 0 bridgehead atoms. The first kappa shape index (κ1) is 11.7. The van der Waals surface area contributed by atoms with Crippen molar-refractivity contribution in [1.82, 2.24) is 9.97 Å². The highest BCUT2D eigenvalue weighted by atomic mass is 32.2. The Bertz CT molecular complexity index is 566. The molecule has 0 aromatic carbocycles. The van der Waals surface area contributed by atoms with Crippen molar-refractivity contribution in [3.05, 3.63) is 35.3 Å². The van der Waals surface area contributed by atoms with Crippen LogP contribution in [0.25, 0.3) is 0 Å². The summed E-state index contributed by atoms with van der Waals surface area (Å²) in [6.07, 6.45) is 1.54. The average molecular weight is 250 g/mol. The van der Waals surface area contributed by atoms with Gasteiger partial charge in [-0.2, -0.15) is 0 Å². The molecule has 1 N–H and O–H groups in total. The number of hydrogen-bond acceptors (Lipinski definition) is 5. The minimum absolute atomic E-state index is 0.211. The lowest BCUT2D eigenvalue weighted by Crippen LogP contribution is -1.99. The van der Waals surface area contributed by atoms with Crippen LogP contribution in [-0.4, -0.2) is 21.0 Å². The van der Waals surface area contributed by atoms with Gasteiger partial charge in [-0.3, -0.25) is 0 Å². The first-order chi connectivity index (χ1) is 8.04. The van der Waals surface area contributed by atoms with E-state index in [0.29, 0.717) is 15.9 Å². The fraction of sp³-hybridized carbons (Fsp3) is 0.182. The van der Waals surface area contributed by atoms with Crippen LogP contribution in [0.5, 0.6) is 0 Å². The smallest absolute Gasteiger partial charge is 0.335 e. The van der Waals surface area contributed by atoms with Crippen LogP contribution in [0.3, 0.4) is 0 Å². The number of aromatic carboxylic acids is 1. The molecule has 2 heterocycles.